The zero-order valence-corrected chi connectivity index (χ0v) is 12.2. The summed E-state index contributed by atoms with van der Waals surface area (Å²) in [5.74, 6) is 0.217. The molecule has 2 atom stereocenters. The number of carboxylic acids is 1. The molecular weight excluding hydrogens is 240 g/mol. The van der Waals surface area contributed by atoms with Crippen LogP contribution in [0.4, 0.5) is 0 Å². The Kier molecular flexibility index (Phi) is 5.64. The minimum atomic E-state index is -0.697. The summed E-state index contributed by atoms with van der Waals surface area (Å²) in [7, 11) is 0. The second-order valence-electron chi connectivity index (χ2n) is 6.15. The zero-order chi connectivity index (χ0) is 13.7. The van der Waals surface area contributed by atoms with Crippen molar-refractivity contribution < 1.29 is 9.90 Å². The molecule has 0 aromatic carbocycles. The maximum atomic E-state index is 10.8. The Hall–Kier alpha value is -0.610. The van der Waals surface area contributed by atoms with E-state index in [1.54, 1.807) is 0 Å². The fraction of sp³-hybridized carbons (Fsp3) is 0.933. The quantitative estimate of drug-likeness (QED) is 0.847. The predicted molar refractivity (Wildman–Crippen MR) is 76.3 cm³/mol. The van der Waals surface area contributed by atoms with Gasteiger partial charge < -0.3 is 5.11 Å². The van der Waals surface area contributed by atoms with Crippen molar-refractivity contribution in [2.45, 2.75) is 51.5 Å². The minimum absolute atomic E-state index is 0.204. The second kappa shape index (κ2) is 7.25. The first-order valence-corrected chi connectivity index (χ1v) is 7.87. The smallest absolute Gasteiger partial charge is 0.317 e. The summed E-state index contributed by atoms with van der Waals surface area (Å²) in [5, 5.41) is 8.88. The summed E-state index contributed by atoms with van der Waals surface area (Å²) >= 11 is 0. The van der Waals surface area contributed by atoms with Crippen molar-refractivity contribution in [1.82, 2.24) is 9.80 Å². The van der Waals surface area contributed by atoms with Gasteiger partial charge in [0.2, 0.25) is 0 Å². The molecule has 0 amide bonds. The molecule has 2 fully saturated rings. The molecule has 2 unspecified atom stereocenters. The molecule has 1 saturated heterocycles. The van der Waals surface area contributed by atoms with Crippen LogP contribution in [0, 0.1) is 5.92 Å². The summed E-state index contributed by atoms with van der Waals surface area (Å²) in [6, 6.07) is 0.753. The molecule has 1 aliphatic heterocycles. The highest BCUT2D eigenvalue weighted by Gasteiger charge is 2.27. The lowest BCUT2D eigenvalue weighted by Gasteiger charge is -2.36. The van der Waals surface area contributed by atoms with Gasteiger partial charge in [-0.3, -0.25) is 14.6 Å². The first-order valence-electron chi connectivity index (χ1n) is 7.87. The van der Waals surface area contributed by atoms with Crippen LogP contribution in [0.5, 0.6) is 0 Å². The third kappa shape index (κ3) is 4.46. The Balaban J connectivity index is 1.83. The standard InChI is InChI=1S/C15H28N2O2/c1-2-13-5-3-6-14(11-13)17-8-4-7-16(9-10-17)12-15(18)19/h13-14H,2-12H2,1H3,(H,18,19). The van der Waals surface area contributed by atoms with Crippen LogP contribution in [0.15, 0.2) is 0 Å². The van der Waals surface area contributed by atoms with Crippen LogP contribution in [-0.2, 0) is 4.79 Å². The van der Waals surface area contributed by atoms with Crippen LogP contribution in [0.1, 0.15) is 45.4 Å². The molecule has 0 aromatic heterocycles. The van der Waals surface area contributed by atoms with Crippen molar-refractivity contribution in [2.75, 3.05) is 32.7 Å². The molecule has 1 saturated carbocycles. The number of hydrogen-bond donors (Lipinski definition) is 1. The highest BCUT2D eigenvalue weighted by molar-refractivity contribution is 5.69. The Morgan fingerprint density at radius 3 is 2.74 bits per heavy atom. The highest BCUT2D eigenvalue weighted by atomic mass is 16.4. The molecule has 19 heavy (non-hydrogen) atoms. The lowest BCUT2D eigenvalue weighted by atomic mass is 9.83. The molecule has 4 nitrogen and oxygen atoms in total. The van der Waals surface area contributed by atoms with Gasteiger partial charge in [0.15, 0.2) is 0 Å². The SMILES string of the molecule is CCC1CCCC(N2CCCN(CC(=O)O)CC2)C1. The lowest BCUT2D eigenvalue weighted by molar-refractivity contribution is -0.138. The minimum Gasteiger partial charge on any atom is -0.480 e. The average molecular weight is 268 g/mol. The number of aliphatic carboxylic acids is 1. The van der Waals surface area contributed by atoms with Crippen LogP contribution in [0.2, 0.25) is 0 Å². The van der Waals surface area contributed by atoms with E-state index in [0.717, 1.165) is 44.6 Å². The van der Waals surface area contributed by atoms with Gasteiger partial charge in [0.05, 0.1) is 6.54 Å². The average Bonchev–Trinajstić information content (AvgIpc) is 2.64. The first-order chi connectivity index (χ1) is 9.19. The maximum Gasteiger partial charge on any atom is 0.317 e. The molecule has 0 spiro atoms. The summed E-state index contributed by atoms with van der Waals surface area (Å²) in [6.07, 6.45) is 7.91. The van der Waals surface area contributed by atoms with Crippen molar-refractivity contribution in [1.29, 1.82) is 0 Å². The van der Waals surface area contributed by atoms with E-state index in [-0.39, 0.29) is 6.54 Å². The van der Waals surface area contributed by atoms with Gasteiger partial charge in [0, 0.05) is 25.7 Å². The van der Waals surface area contributed by atoms with Crippen LogP contribution in [0.3, 0.4) is 0 Å². The Morgan fingerprint density at radius 1 is 1.16 bits per heavy atom. The van der Waals surface area contributed by atoms with E-state index < -0.39 is 5.97 Å². The third-order valence-electron chi connectivity index (χ3n) is 4.83. The summed E-state index contributed by atoms with van der Waals surface area (Å²) in [4.78, 5) is 15.5. The van der Waals surface area contributed by atoms with Gasteiger partial charge in [-0.05, 0) is 31.7 Å². The summed E-state index contributed by atoms with van der Waals surface area (Å²) in [6.45, 7) is 6.57. The highest BCUT2D eigenvalue weighted by Crippen LogP contribution is 2.30. The summed E-state index contributed by atoms with van der Waals surface area (Å²) < 4.78 is 0. The van der Waals surface area contributed by atoms with Gasteiger partial charge in [0.1, 0.15) is 0 Å². The van der Waals surface area contributed by atoms with Crippen LogP contribution in [-0.4, -0.2) is 59.6 Å². The molecule has 1 heterocycles. The first kappa shape index (κ1) is 14.8. The number of rotatable bonds is 4. The molecule has 2 aliphatic rings. The van der Waals surface area contributed by atoms with Gasteiger partial charge in [0.25, 0.3) is 0 Å². The van der Waals surface area contributed by atoms with Gasteiger partial charge in [-0.15, -0.1) is 0 Å². The molecule has 2 rings (SSSR count). The fourth-order valence-corrected chi connectivity index (χ4v) is 3.67. The zero-order valence-electron chi connectivity index (χ0n) is 12.2. The van der Waals surface area contributed by atoms with Gasteiger partial charge >= 0.3 is 5.97 Å². The van der Waals surface area contributed by atoms with E-state index in [1.165, 1.54) is 32.1 Å². The maximum absolute atomic E-state index is 10.8. The van der Waals surface area contributed by atoms with Gasteiger partial charge in [-0.25, -0.2) is 0 Å². The monoisotopic (exact) mass is 268 g/mol. The number of nitrogens with zero attached hydrogens (tertiary/aromatic N) is 2. The Bertz CT molecular complexity index is 296. The van der Waals surface area contributed by atoms with Crippen molar-refractivity contribution in [3.8, 4) is 0 Å². The van der Waals surface area contributed by atoms with E-state index in [0.29, 0.717) is 0 Å². The largest absolute Gasteiger partial charge is 0.480 e. The van der Waals surface area contributed by atoms with E-state index in [9.17, 15) is 4.79 Å². The molecule has 1 N–H and O–H groups in total. The number of carbonyl (C=O) groups is 1. The van der Waals surface area contributed by atoms with Crippen molar-refractivity contribution >= 4 is 5.97 Å². The second-order valence-corrected chi connectivity index (χ2v) is 6.15. The van der Waals surface area contributed by atoms with Crippen LogP contribution in [0.25, 0.3) is 0 Å². The molecule has 0 aromatic rings. The van der Waals surface area contributed by atoms with Gasteiger partial charge in [-0.1, -0.05) is 26.2 Å². The molecule has 0 radical (unpaired) electrons. The summed E-state index contributed by atoms with van der Waals surface area (Å²) in [5.41, 5.74) is 0. The van der Waals surface area contributed by atoms with Gasteiger partial charge in [-0.2, -0.15) is 0 Å². The molecule has 4 heteroatoms. The molecule has 1 aliphatic carbocycles. The Morgan fingerprint density at radius 2 is 2.00 bits per heavy atom. The Labute approximate surface area is 116 Å². The molecule has 0 bridgehead atoms. The topological polar surface area (TPSA) is 43.8 Å². The van der Waals surface area contributed by atoms with E-state index in [2.05, 4.69) is 16.7 Å². The van der Waals surface area contributed by atoms with E-state index >= 15 is 0 Å². The van der Waals surface area contributed by atoms with Crippen molar-refractivity contribution in [3.63, 3.8) is 0 Å². The van der Waals surface area contributed by atoms with Crippen molar-refractivity contribution in [3.05, 3.63) is 0 Å². The molecule has 110 valence electrons. The van der Waals surface area contributed by atoms with Crippen molar-refractivity contribution in [2.24, 2.45) is 5.92 Å². The normalized spacial score (nSPS) is 31.0. The fourth-order valence-electron chi connectivity index (χ4n) is 3.67. The molecular formula is C15H28N2O2. The van der Waals surface area contributed by atoms with Crippen LogP contribution >= 0.6 is 0 Å². The van der Waals surface area contributed by atoms with Crippen LogP contribution < -0.4 is 0 Å². The number of hydrogen-bond acceptors (Lipinski definition) is 3. The number of carboxylic acid groups (broad SMARTS) is 1. The lowest BCUT2D eigenvalue weighted by Crippen LogP contribution is -2.41. The van der Waals surface area contributed by atoms with E-state index in [1.807, 2.05) is 0 Å². The predicted octanol–water partition coefficient (Wildman–Crippen LogP) is 2.05. The third-order valence-corrected chi connectivity index (χ3v) is 4.83. The van der Waals surface area contributed by atoms with E-state index in [4.69, 9.17) is 5.11 Å².